The van der Waals surface area contributed by atoms with Gasteiger partial charge in [0.05, 0.1) is 11.7 Å². The first-order valence-electron chi connectivity index (χ1n) is 13.0. The zero-order chi connectivity index (χ0) is 21.0. The second kappa shape index (κ2) is 7.80. The SMILES string of the molecule is CC(C)CCC[C@@H](C)[C@@H]1CC[C@H]2[C@H]3C[C@H](O)[C@@]4(O)CCCC[C@]4(C)[C@@H]3CC[C@@]21C. The molecule has 4 saturated carbocycles. The molecule has 2 N–H and O–H groups in total. The van der Waals surface area contributed by atoms with Gasteiger partial charge in [0.25, 0.3) is 0 Å². The van der Waals surface area contributed by atoms with Crippen LogP contribution in [0.5, 0.6) is 0 Å². The molecule has 0 unspecified atom stereocenters. The van der Waals surface area contributed by atoms with Gasteiger partial charge in [0.15, 0.2) is 0 Å². The van der Waals surface area contributed by atoms with Crippen molar-refractivity contribution in [2.24, 2.45) is 46.3 Å². The molecular weight excluding hydrogens is 356 g/mol. The van der Waals surface area contributed by atoms with Gasteiger partial charge in [0.1, 0.15) is 0 Å². The molecule has 4 rings (SSSR count). The maximum absolute atomic E-state index is 11.6. The van der Waals surface area contributed by atoms with Gasteiger partial charge in [-0.05, 0) is 85.9 Å². The first-order valence-corrected chi connectivity index (χ1v) is 13.0. The summed E-state index contributed by atoms with van der Waals surface area (Å²) in [5.41, 5.74) is -0.448. The first kappa shape index (κ1) is 22.1. The Balaban J connectivity index is 1.53. The molecule has 0 bridgehead atoms. The second-order valence-electron chi connectivity index (χ2n) is 12.7. The molecule has 2 nitrogen and oxygen atoms in total. The third-order valence-corrected chi connectivity index (χ3v) is 11.0. The van der Waals surface area contributed by atoms with Gasteiger partial charge in [-0.1, -0.05) is 66.7 Å². The highest BCUT2D eigenvalue weighted by atomic mass is 16.3. The van der Waals surface area contributed by atoms with Crippen molar-refractivity contribution >= 4 is 0 Å². The molecule has 0 heterocycles. The number of fused-ring (bicyclic) bond motifs is 5. The van der Waals surface area contributed by atoms with Crippen LogP contribution in [0.25, 0.3) is 0 Å². The molecule has 168 valence electrons. The Hall–Kier alpha value is -0.0800. The van der Waals surface area contributed by atoms with E-state index in [9.17, 15) is 10.2 Å². The third-order valence-electron chi connectivity index (χ3n) is 11.0. The Bertz CT molecular complexity index is 587. The van der Waals surface area contributed by atoms with Crippen LogP contribution in [0.15, 0.2) is 0 Å². The third kappa shape index (κ3) is 3.34. The maximum Gasteiger partial charge on any atom is 0.0961 e. The molecule has 4 fully saturated rings. The number of aliphatic hydroxyl groups is 2. The van der Waals surface area contributed by atoms with Crippen LogP contribution in [0.4, 0.5) is 0 Å². The van der Waals surface area contributed by atoms with Crippen LogP contribution in [0.3, 0.4) is 0 Å². The van der Waals surface area contributed by atoms with Gasteiger partial charge >= 0.3 is 0 Å². The standard InChI is InChI=1S/C27H48O2/c1-18(2)9-8-10-19(3)21-11-12-22-20-17-24(28)27(29)15-7-6-14-26(27,5)23(20)13-16-25(21,22)4/h18-24,28-29H,6-17H2,1-5H3/t19-,20-,21+,22+,23-,24+,25-,26-,27+/m1/s1. The van der Waals surface area contributed by atoms with Gasteiger partial charge in [0.2, 0.25) is 0 Å². The summed E-state index contributed by atoms with van der Waals surface area (Å²) >= 11 is 0. The minimum Gasteiger partial charge on any atom is -0.390 e. The van der Waals surface area contributed by atoms with Crippen LogP contribution >= 0.6 is 0 Å². The summed E-state index contributed by atoms with van der Waals surface area (Å²) in [6.07, 6.45) is 14.1. The van der Waals surface area contributed by atoms with E-state index < -0.39 is 11.7 Å². The van der Waals surface area contributed by atoms with Gasteiger partial charge in [-0.15, -0.1) is 0 Å². The van der Waals surface area contributed by atoms with Crippen molar-refractivity contribution in [1.29, 1.82) is 0 Å². The molecule has 0 aliphatic heterocycles. The molecule has 0 amide bonds. The Kier molecular flexibility index (Phi) is 5.95. The molecule has 0 aromatic heterocycles. The summed E-state index contributed by atoms with van der Waals surface area (Å²) < 4.78 is 0. The molecular formula is C27H48O2. The van der Waals surface area contributed by atoms with E-state index in [1.807, 2.05) is 0 Å². The van der Waals surface area contributed by atoms with Crippen molar-refractivity contribution in [2.45, 2.75) is 123 Å². The smallest absolute Gasteiger partial charge is 0.0961 e. The van der Waals surface area contributed by atoms with Crippen LogP contribution in [-0.4, -0.2) is 21.9 Å². The normalized spacial score (nSPS) is 50.7. The molecule has 0 spiro atoms. The predicted molar refractivity (Wildman–Crippen MR) is 121 cm³/mol. The average Bonchev–Trinajstić information content (AvgIpc) is 3.01. The Labute approximate surface area is 180 Å². The van der Waals surface area contributed by atoms with Gasteiger partial charge in [-0.3, -0.25) is 0 Å². The van der Waals surface area contributed by atoms with Crippen molar-refractivity contribution in [3.05, 3.63) is 0 Å². The van der Waals surface area contributed by atoms with Gasteiger partial charge in [-0.25, -0.2) is 0 Å². The quantitative estimate of drug-likeness (QED) is 0.543. The minimum absolute atomic E-state index is 0.0735. The van der Waals surface area contributed by atoms with Crippen molar-refractivity contribution in [2.75, 3.05) is 0 Å². The van der Waals surface area contributed by atoms with Crippen LogP contribution < -0.4 is 0 Å². The van der Waals surface area contributed by atoms with E-state index in [1.54, 1.807) is 0 Å². The lowest BCUT2D eigenvalue weighted by Crippen LogP contribution is -2.67. The second-order valence-corrected chi connectivity index (χ2v) is 12.7. The fraction of sp³-hybridized carbons (Fsp3) is 1.00. The summed E-state index contributed by atoms with van der Waals surface area (Å²) in [6, 6.07) is 0. The van der Waals surface area contributed by atoms with Crippen LogP contribution in [0, 0.1) is 46.3 Å². The largest absolute Gasteiger partial charge is 0.390 e. The van der Waals surface area contributed by atoms with Crippen molar-refractivity contribution in [3.63, 3.8) is 0 Å². The van der Waals surface area contributed by atoms with Crippen LogP contribution in [0.2, 0.25) is 0 Å². The lowest BCUT2D eigenvalue weighted by atomic mass is 9.42. The summed E-state index contributed by atoms with van der Waals surface area (Å²) in [7, 11) is 0. The summed E-state index contributed by atoms with van der Waals surface area (Å²) in [4.78, 5) is 0. The lowest BCUT2D eigenvalue weighted by Gasteiger charge is -2.65. The van der Waals surface area contributed by atoms with Crippen LogP contribution in [0.1, 0.15) is 112 Å². The predicted octanol–water partition coefficient (Wildman–Crippen LogP) is 6.58. The van der Waals surface area contributed by atoms with Crippen molar-refractivity contribution < 1.29 is 10.2 Å². The minimum atomic E-state index is -0.831. The van der Waals surface area contributed by atoms with E-state index in [1.165, 1.54) is 51.4 Å². The van der Waals surface area contributed by atoms with E-state index in [0.29, 0.717) is 17.3 Å². The zero-order valence-electron chi connectivity index (χ0n) is 19.9. The van der Waals surface area contributed by atoms with Crippen molar-refractivity contribution in [1.82, 2.24) is 0 Å². The van der Waals surface area contributed by atoms with E-state index >= 15 is 0 Å². The highest BCUT2D eigenvalue weighted by Crippen LogP contribution is 2.69. The molecule has 29 heavy (non-hydrogen) atoms. The van der Waals surface area contributed by atoms with E-state index in [-0.39, 0.29) is 5.41 Å². The highest BCUT2D eigenvalue weighted by molar-refractivity contribution is 5.16. The Morgan fingerprint density at radius 3 is 2.34 bits per heavy atom. The summed E-state index contributed by atoms with van der Waals surface area (Å²) in [6.45, 7) is 12.2. The maximum atomic E-state index is 11.6. The van der Waals surface area contributed by atoms with Crippen molar-refractivity contribution in [3.8, 4) is 0 Å². The summed E-state index contributed by atoms with van der Waals surface area (Å²) in [5.74, 6) is 4.51. The Morgan fingerprint density at radius 2 is 1.62 bits per heavy atom. The summed E-state index contributed by atoms with van der Waals surface area (Å²) in [5, 5.41) is 22.8. The number of aliphatic hydroxyl groups excluding tert-OH is 1. The number of rotatable bonds is 5. The number of hydrogen-bond acceptors (Lipinski definition) is 2. The molecule has 0 aromatic carbocycles. The lowest BCUT2D eigenvalue weighted by molar-refractivity contribution is -0.253. The van der Waals surface area contributed by atoms with Gasteiger partial charge < -0.3 is 10.2 Å². The molecule has 0 radical (unpaired) electrons. The molecule has 4 aliphatic carbocycles. The molecule has 4 aliphatic rings. The molecule has 2 heteroatoms. The molecule has 9 atom stereocenters. The zero-order valence-corrected chi connectivity index (χ0v) is 19.9. The first-order chi connectivity index (χ1) is 13.6. The number of hydrogen-bond donors (Lipinski definition) is 2. The fourth-order valence-corrected chi connectivity index (χ4v) is 9.33. The van der Waals surface area contributed by atoms with E-state index in [0.717, 1.165) is 49.4 Å². The topological polar surface area (TPSA) is 40.5 Å². The van der Waals surface area contributed by atoms with E-state index in [2.05, 4.69) is 34.6 Å². The average molecular weight is 405 g/mol. The van der Waals surface area contributed by atoms with E-state index in [4.69, 9.17) is 0 Å². The monoisotopic (exact) mass is 404 g/mol. The Morgan fingerprint density at radius 1 is 0.897 bits per heavy atom. The molecule has 0 saturated heterocycles. The van der Waals surface area contributed by atoms with Gasteiger partial charge in [-0.2, -0.15) is 0 Å². The fourth-order valence-electron chi connectivity index (χ4n) is 9.33. The highest BCUT2D eigenvalue weighted by Gasteiger charge is 2.66. The van der Waals surface area contributed by atoms with Gasteiger partial charge in [0, 0.05) is 5.41 Å². The molecule has 0 aromatic rings. The van der Waals surface area contributed by atoms with Crippen LogP contribution in [-0.2, 0) is 0 Å².